The fourth-order valence-corrected chi connectivity index (χ4v) is 3.45. The van der Waals surface area contributed by atoms with Gasteiger partial charge in [-0.1, -0.05) is 30.1 Å². The van der Waals surface area contributed by atoms with E-state index in [1.165, 1.54) is 30.5 Å². The highest BCUT2D eigenvalue weighted by molar-refractivity contribution is 6.39. The zero-order chi connectivity index (χ0) is 26.7. The minimum atomic E-state index is -1.49. The van der Waals surface area contributed by atoms with Gasteiger partial charge in [-0.3, -0.25) is 19.2 Å². The monoisotopic (exact) mass is 538 g/mol. The molecule has 13 heteroatoms. The van der Waals surface area contributed by atoms with Crippen LogP contribution in [0.15, 0.2) is 41.0 Å². The van der Waals surface area contributed by atoms with E-state index >= 15 is 0 Å². The average Bonchev–Trinajstić information content (AvgIpc) is 3.35. The molecule has 0 fully saturated rings. The molecule has 0 spiro atoms. The molecule has 1 aromatic carbocycles. The Bertz CT molecular complexity index is 1130. The van der Waals surface area contributed by atoms with Crippen LogP contribution in [0.2, 0.25) is 10.0 Å². The first-order valence-corrected chi connectivity index (χ1v) is 11.4. The number of furan rings is 1. The standard InChI is InChI=1S/C23H24Cl2N4O7/c1-2-18(30)28-12-20(32)27-11-17(23(34)35)29-22(33)21-15(24)8-13(9-16(21)25)10-26-19(31)6-5-14-4-3-7-36-14/h3-9,17H,2,10-12H2,1H3,(H,26,31)(H,27,32)(H,28,30)(H,29,33)(H,34,35)/b6-5+/t17-/m0/s1. The summed E-state index contributed by atoms with van der Waals surface area (Å²) in [6.07, 6.45) is 4.44. The molecule has 0 aliphatic carbocycles. The summed E-state index contributed by atoms with van der Waals surface area (Å²) in [6, 6.07) is 4.70. The molecule has 0 aliphatic rings. The number of benzene rings is 1. The molecular weight excluding hydrogens is 515 g/mol. The highest BCUT2D eigenvalue weighted by Crippen LogP contribution is 2.27. The van der Waals surface area contributed by atoms with Crippen LogP contribution in [0, 0.1) is 0 Å². The van der Waals surface area contributed by atoms with Crippen molar-refractivity contribution in [1.29, 1.82) is 0 Å². The Balaban J connectivity index is 1.96. The minimum Gasteiger partial charge on any atom is -0.480 e. The van der Waals surface area contributed by atoms with Crippen LogP contribution in [0.1, 0.15) is 35.0 Å². The van der Waals surface area contributed by atoms with E-state index in [2.05, 4.69) is 21.3 Å². The first-order chi connectivity index (χ1) is 17.1. The van der Waals surface area contributed by atoms with Crippen LogP contribution >= 0.6 is 23.2 Å². The molecule has 11 nitrogen and oxygen atoms in total. The number of hydrogen-bond donors (Lipinski definition) is 5. The number of aliphatic carboxylic acids is 1. The summed E-state index contributed by atoms with van der Waals surface area (Å²) >= 11 is 12.4. The van der Waals surface area contributed by atoms with E-state index in [9.17, 15) is 29.1 Å². The van der Waals surface area contributed by atoms with E-state index in [-0.39, 0.29) is 41.0 Å². The Labute approximate surface area is 216 Å². The highest BCUT2D eigenvalue weighted by atomic mass is 35.5. The summed E-state index contributed by atoms with van der Waals surface area (Å²) in [5.41, 5.74) is 0.330. The zero-order valence-corrected chi connectivity index (χ0v) is 20.6. The number of carbonyl (C=O) groups excluding carboxylic acids is 4. The van der Waals surface area contributed by atoms with Crippen LogP contribution in [-0.2, 0) is 25.7 Å². The molecule has 1 heterocycles. The van der Waals surface area contributed by atoms with Gasteiger partial charge < -0.3 is 30.8 Å². The molecule has 0 aliphatic heterocycles. The summed E-state index contributed by atoms with van der Waals surface area (Å²) in [4.78, 5) is 59.2. The number of hydrogen-bond acceptors (Lipinski definition) is 6. The Morgan fingerprint density at radius 3 is 2.33 bits per heavy atom. The van der Waals surface area contributed by atoms with Crippen LogP contribution in [0.5, 0.6) is 0 Å². The van der Waals surface area contributed by atoms with Crippen molar-refractivity contribution in [2.45, 2.75) is 25.9 Å². The van der Waals surface area contributed by atoms with E-state index in [1.807, 2.05) is 0 Å². The summed E-state index contributed by atoms with van der Waals surface area (Å²) in [7, 11) is 0. The van der Waals surface area contributed by atoms with Crippen molar-refractivity contribution < 1.29 is 33.5 Å². The molecule has 0 bridgehead atoms. The van der Waals surface area contributed by atoms with Gasteiger partial charge in [0.05, 0.1) is 28.4 Å². The molecule has 2 aromatic rings. The largest absolute Gasteiger partial charge is 0.480 e. The number of rotatable bonds is 12. The lowest BCUT2D eigenvalue weighted by Gasteiger charge is -2.17. The van der Waals surface area contributed by atoms with Crippen molar-refractivity contribution in [3.8, 4) is 0 Å². The maximum atomic E-state index is 12.7. The molecule has 36 heavy (non-hydrogen) atoms. The van der Waals surface area contributed by atoms with Gasteiger partial charge in [-0.05, 0) is 35.9 Å². The quantitative estimate of drug-likeness (QED) is 0.256. The van der Waals surface area contributed by atoms with Crippen molar-refractivity contribution >= 4 is 58.9 Å². The Hall–Kier alpha value is -3.83. The topological polar surface area (TPSA) is 167 Å². The van der Waals surface area contributed by atoms with Crippen molar-refractivity contribution in [2.75, 3.05) is 13.1 Å². The lowest BCUT2D eigenvalue weighted by Crippen LogP contribution is -2.50. The number of halogens is 2. The molecule has 1 aromatic heterocycles. The first-order valence-electron chi connectivity index (χ1n) is 10.6. The lowest BCUT2D eigenvalue weighted by atomic mass is 10.1. The SMILES string of the molecule is CCC(=O)NCC(=O)NC[C@H](NC(=O)c1c(Cl)cc(CNC(=O)/C=C/c2ccco2)cc1Cl)C(=O)O. The second-order valence-corrected chi connectivity index (χ2v) is 8.11. The Morgan fingerprint density at radius 1 is 1.06 bits per heavy atom. The second-order valence-electron chi connectivity index (χ2n) is 7.30. The number of carbonyl (C=O) groups is 5. The van der Waals surface area contributed by atoms with E-state index in [0.717, 1.165) is 0 Å². The van der Waals surface area contributed by atoms with Gasteiger partial charge in [0.25, 0.3) is 5.91 Å². The third-order valence-electron chi connectivity index (χ3n) is 4.61. The van der Waals surface area contributed by atoms with Crippen molar-refractivity contribution in [3.05, 3.63) is 63.5 Å². The van der Waals surface area contributed by atoms with E-state index in [4.69, 9.17) is 27.6 Å². The van der Waals surface area contributed by atoms with Gasteiger partial charge in [-0.25, -0.2) is 4.79 Å². The molecule has 0 radical (unpaired) electrons. The highest BCUT2D eigenvalue weighted by Gasteiger charge is 2.24. The van der Waals surface area contributed by atoms with Crippen LogP contribution in [-0.4, -0.2) is 53.8 Å². The van der Waals surface area contributed by atoms with Crippen LogP contribution in [0.3, 0.4) is 0 Å². The predicted octanol–water partition coefficient (Wildman–Crippen LogP) is 1.74. The molecule has 0 unspecified atom stereocenters. The van der Waals surface area contributed by atoms with Crippen molar-refractivity contribution in [2.24, 2.45) is 0 Å². The van der Waals surface area contributed by atoms with Gasteiger partial charge in [-0.2, -0.15) is 0 Å². The Kier molecular flexibility index (Phi) is 11.0. The van der Waals surface area contributed by atoms with Crippen molar-refractivity contribution in [3.63, 3.8) is 0 Å². The van der Waals surface area contributed by atoms with Crippen molar-refractivity contribution in [1.82, 2.24) is 21.3 Å². The van der Waals surface area contributed by atoms with Crippen LogP contribution < -0.4 is 21.3 Å². The molecule has 2 rings (SSSR count). The smallest absolute Gasteiger partial charge is 0.328 e. The van der Waals surface area contributed by atoms with Gasteiger partial charge in [0.2, 0.25) is 17.7 Å². The van der Waals surface area contributed by atoms with Gasteiger partial charge in [-0.15, -0.1) is 0 Å². The minimum absolute atomic E-state index is 0.0566. The van der Waals surface area contributed by atoms with Gasteiger partial charge in [0, 0.05) is 25.6 Å². The van der Waals surface area contributed by atoms with Crippen LogP contribution in [0.4, 0.5) is 0 Å². The average molecular weight is 539 g/mol. The number of carboxylic acids is 1. The van der Waals surface area contributed by atoms with Gasteiger partial charge in [0.15, 0.2) is 0 Å². The molecule has 0 saturated heterocycles. The second kappa shape index (κ2) is 13.9. The molecule has 4 amide bonds. The van der Waals surface area contributed by atoms with Gasteiger partial charge in [0.1, 0.15) is 11.8 Å². The maximum absolute atomic E-state index is 12.7. The zero-order valence-electron chi connectivity index (χ0n) is 19.1. The van der Waals surface area contributed by atoms with E-state index in [1.54, 1.807) is 19.1 Å². The summed E-state index contributed by atoms with van der Waals surface area (Å²) in [5.74, 6) is -3.14. The summed E-state index contributed by atoms with van der Waals surface area (Å²) in [5, 5.41) is 18.8. The third kappa shape index (κ3) is 9.08. The predicted molar refractivity (Wildman–Crippen MR) is 131 cm³/mol. The molecule has 0 saturated carbocycles. The molecular formula is C23H24Cl2N4O7. The fraction of sp³-hybridized carbons (Fsp3) is 0.261. The molecule has 192 valence electrons. The maximum Gasteiger partial charge on any atom is 0.328 e. The number of nitrogens with one attached hydrogen (secondary N) is 4. The Morgan fingerprint density at radius 2 is 1.75 bits per heavy atom. The number of carboxylic acid groups (broad SMARTS) is 1. The van der Waals surface area contributed by atoms with Crippen LogP contribution in [0.25, 0.3) is 6.08 Å². The van der Waals surface area contributed by atoms with E-state index < -0.39 is 36.3 Å². The van der Waals surface area contributed by atoms with Gasteiger partial charge >= 0.3 is 5.97 Å². The normalized spacial score (nSPS) is 11.5. The lowest BCUT2D eigenvalue weighted by molar-refractivity contribution is -0.139. The summed E-state index contributed by atoms with van der Waals surface area (Å²) in [6.45, 7) is 0.901. The first kappa shape index (κ1) is 28.4. The number of amides is 4. The third-order valence-corrected chi connectivity index (χ3v) is 5.21. The molecule has 1 atom stereocenters. The summed E-state index contributed by atoms with van der Waals surface area (Å²) < 4.78 is 5.09. The fourth-order valence-electron chi connectivity index (χ4n) is 2.75. The molecule has 5 N–H and O–H groups in total. The van der Waals surface area contributed by atoms with E-state index in [0.29, 0.717) is 11.3 Å².